The second-order valence-corrected chi connectivity index (χ2v) is 6.72. The van der Waals surface area contributed by atoms with Gasteiger partial charge in [-0.15, -0.1) is 15.3 Å². The first-order chi connectivity index (χ1) is 13.2. The highest BCUT2D eigenvalue weighted by Crippen LogP contribution is 2.26. The van der Waals surface area contributed by atoms with Crippen molar-refractivity contribution in [3.05, 3.63) is 83.1 Å². The number of amides is 1. The van der Waals surface area contributed by atoms with Crippen molar-refractivity contribution in [3.8, 4) is 5.69 Å². The molecule has 9 heteroatoms. The standard InChI is InChI=1S/C18H15N7OS/c19-18-23-22-17(27-18)15(12-7-3-1-4-8-12)20-16(26)14-11-25(24-21-14)13-9-5-2-6-10-13/h1-11,15H,(H2,19,23)(H,20,26)/t15-/m1/s1. The molecule has 0 aliphatic heterocycles. The highest BCUT2D eigenvalue weighted by molar-refractivity contribution is 7.15. The van der Waals surface area contributed by atoms with Crippen molar-refractivity contribution in [1.82, 2.24) is 30.5 Å². The van der Waals surface area contributed by atoms with E-state index in [4.69, 9.17) is 5.73 Å². The van der Waals surface area contributed by atoms with Gasteiger partial charge < -0.3 is 11.1 Å². The van der Waals surface area contributed by atoms with E-state index in [0.29, 0.717) is 10.1 Å². The molecule has 2 heterocycles. The maximum absolute atomic E-state index is 12.8. The number of carbonyl (C=O) groups excluding carboxylic acids is 1. The predicted octanol–water partition coefficient (Wildman–Crippen LogP) is 2.22. The van der Waals surface area contributed by atoms with Crippen LogP contribution in [0.25, 0.3) is 5.69 Å². The van der Waals surface area contributed by atoms with Gasteiger partial charge in [0.05, 0.1) is 11.9 Å². The lowest BCUT2D eigenvalue weighted by Crippen LogP contribution is -2.29. The molecule has 134 valence electrons. The van der Waals surface area contributed by atoms with E-state index in [-0.39, 0.29) is 11.6 Å². The number of carbonyl (C=O) groups is 1. The number of nitrogens with two attached hydrogens (primary N) is 1. The van der Waals surface area contributed by atoms with Gasteiger partial charge in [0, 0.05) is 0 Å². The van der Waals surface area contributed by atoms with Crippen LogP contribution in [-0.4, -0.2) is 31.1 Å². The Balaban J connectivity index is 1.60. The zero-order valence-corrected chi connectivity index (χ0v) is 14.9. The Labute approximate surface area is 158 Å². The Morgan fingerprint density at radius 3 is 2.37 bits per heavy atom. The molecule has 2 aromatic heterocycles. The summed E-state index contributed by atoms with van der Waals surface area (Å²) < 4.78 is 1.55. The molecule has 8 nitrogen and oxygen atoms in total. The van der Waals surface area contributed by atoms with Crippen LogP contribution >= 0.6 is 11.3 Å². The summed E-state index contributed by atoms with van der Waals surface area (Å²) in [7, 11) is 0. The van der Waals surface area contributed by atoms with Gasteiger partial charge in [0.15, 0.2) is 5.69 Å². The van der Waals surface area contributed by atoms with E-state index in [1.165, 1.54) is 11.3 Å². The molecule has 3 N–H and O–H groups in total. The van der Waals surface area contributed by atoms with Crippen LogP contribution in [0.4, 0.5) is 5.13 Å². The molecule has 0 fully saturated rings. The maximum atomic E-state index is 12.8. The van der Waals surface area contributed by atoms with Crippen LogP contribution in [0, 0.1) is 0 Å². The highest BCUT2D eigenvalue weighted by atomic mass is 32.1. The van der Waals surface area contributed by atoms with Crippen LogP contribution in [0.15, 0.2) is 66.9 Å². The summed E-state index contributed by atoms with van der Waals surface area (Å²) in [6.07, 6.45) is 1.58. The molecule has 0 bridgehead atoms. The molecule has 0 saturated carbocycles. The Bertz CT molecular complexity index is 1050. The first-order valence-electron chi connectivity index (χ1n) is 8.13. The molecule has 1 atom stereocenters. The number of nitrogens with one attached hydrogen (secondary N) is 1. The zero-order valence-electron chi connectivity index (χ0n) is 14.1. The van der Waals surface area contributed by atoms with Gasteiger partial charge in [0.1, 0.15) is 11.0 Å². The number of hydrogen-bond acceptors (Lipinski definition) is 7. The van der Waals surface area contributed by atoms with Crippen molar-refractivity contribution in [2.24, 2.45) is 0 Å². The fraction of sp³-hybridized carbons (Fsp3) is 0.0556. The highest BCUT2D eigenvalue weighted by Gasteiger charge is 2.23. The average molecular weight is 377 g/mol. The molecule has 2 aromatic carbocycles. The van der Waals surface area contributed by atoms with Crippen LogP contribution < -0.4 is 11.1 Å². The summed E-state index contributed by atoms with van der Waals surface area (Å²) in [5.74, 6) is -0.361. The zero-order chi connectivity index (χ0) is 18.6. The van der Waals surface area contributed by atoms with Crippen molar-refractivity contribution < 1.29 is 4.79 Å². The minimum absolute atomic E-state index is 0.206. The molecule has 0 aliphatic rings. The topological polar surface area (TPSA) is 112 Å². The summed E-state index contributed by atoms with van der Waals surface area (Å²) in [5, 5.41) is 19.8. The molecular formula is C18H15N7OS. The average Bonchev–Trinajstić information content (AvgIpc) is 3.37. The van der Waals surface area contributed by atoms with Gasteiger partial charge in [-0.05, 0) is 17.7 Å². The monoisotopic (exact) mass is 377 g/mol. The lowest BCUT2D eigenvalue weighted by molar-refractivity contribution is 0.0937. The van der Waals surface area contributed by atoms with E-state index in [1.807, 2.05) is 60.7 Å². The van der Waals surface area contributed by atoms with E-state index in [0.717, 1.165) is 11.3 Å². The number of benzene rings is 2. The van der Waals surface area contributed by atoms with Crippen LogP contribution in [0.2, 0.25) is 0 Å². The molecule has 4 rings (SSSR count). The van der Waals surface area contributed by atoms with Crippen LogP contribution in [0.3, 0.4) is 0 Å². The van der Waals surface area contributed by atoms with Crippen molar-refractivity contribution >= 4 is 22.4 Å². The summed E-state index contributed by atoms with van der Waals surface area (Å²) in [5.41, 5.74) is 7.61. The molecule has 0 unspecified atom stereocenters. The number of para-hydroxylation sites is 1. The second-order valence-electron chi connectivity index (χ2n) is 5.68. The molecule has 0 aliphatic carbocycles. The lowest BCUT2D eigenvalue weighted by Gasteiger charge is -2.15. The largest absolute Gasteiger partial charge is 0.374 e. The summed E-state index contributed by atoms with van der Waals surface area (Å²) >= 11 is 1.23. The predicted molar refractivity (Wildman–Crippen MR) is 101 cm³/mol. The van der Waals surface area contributed by atoms with E-state index in [1.54, 1.807) is 10.9 Å². The second kappa shape index (κ2) is 7.34. The van der Waals surface area contributed by atoms with E-state index in [2.05, 4.69) is 25.8 Å². The maximum Gasteiger partial charge on any atom is 0.274 e. The van der Waals surface area contributed by atoms with Gasteiger partial charge in [-0.25, -0.2) is 4.68 Å². The van der Waals surface area contributed by atoms with Gasteiger partial charge in [0.25, 0.3) is 5.91 Å². The van der Waals surface area contributed by atoms with Gasteiger partial charge in [0.2, 0.25) is 5.13 Å². The number of nitrogens with zero attached hydrogens (tertiary/aromatic N) is 5. The van der Waals surface area contributed by atoms with Crippen LogP contribution in [0.5, 0.6) is 0 Å². The first-order valence-corrected chi connectivity index (χ1v) is 8.95. The fourth-order valence-corrected chi connectivity index (χ4v) is 3.27. The summed E-state index contributed by atoms with van der Waals surface area (Å²) in [6.45, 7) is 0. The Morgan fingerprint density at radius 2 is 1.70 bits per heavy atom. The van der Waals surface area contributed by atoms with Gasteiger partial charge in [-0.2, -0.15) is 0 Å². The summed E-state index contributed by atoms with van der Waals surface area (Å²) in [6, 6.07) is 18.5. The number of anilines is 1. The number of rotatable bonds is 5. The van der Waals surface area contributed by atoms with Crippen molar-refractivity contribution in [3.63, 3.8) is 0 Å². The fourth-order valence-electron chi connectivity index (χ4n) is 2.58. The van der Waals surface area contributed by atoms with E-state index >= 15 is 0 Å². The summed E-state index contributed by atoms with van der Waals surface area (Å²) in [4.78, 5) is 12.8. The first kappa shape index (κ1) is 16.9. The minimum atomic E-state index is -0.477. The molecular weight excluding hydrogens is 362 g/mol. The van der Waals surface area contributed by atoms with Crippen molar-refractivity contribution in [2.75, 3.05) is 5.73 Å². The Hall–Kier alpha value is -3.59. The number of hydrogen-bond donors (Lipinski definition) is 2. The quantitative estimate of drug-likeness (QED) is 0.552. The SMILES string of the molecule is Nc1nnc([C@H](NC(=O)c2cn(-c3ccccc3)nn2)c2ccccc2)s1. The Morgan fingerprint density at radius 1 is 1.00 bits per heavy atom. The third kappa shape index (κ3) is 3.67. The molecule has 27 heavy (non-hydrogen) atoms. The van der Waals surface area contributed by atoms with Gasteiger partial charge in [-0.1, -0.05) is 65.1 Å². The molecule has 0 radical (unpaired) electrons. The van der Waals surface area contributed by atoms with Crippen LogP contribution in [-0.2, 0) is 0 Å². The number of nitrogen functional groups attached to an aromatic ring is 1. The molecule has 1 amide bonds. The third-order valence-corrected chi connectivity index (χ3v) is 4.68. The van der Waals surface area contributed by atoms with Crippen molar-refractivity contribution in [1.29, 1.82) is 0 Å². The normalized spacial score (nSPS) is 11.9. The van der Waals surface area contributed by atoms with Gasteiger partial charge >= 0.3 is 0 Å². The third-order valence-electron chi connectivity index (χ3n) is 3.86. The molecule has 4 aromatic rings. The number of aromatic nitrogens is 5. The smallest absolute Gasteiger partial charge is 0.274 e. The lowest BCUT2D eigenvalue weighted by atomic mass is 10.1. The molecule has 0 spiro atoms. The van der Waals surface area contributed by atoms with Crippen molar-refractivity contribution in [2.45, 2.75) is 6.04 Å². The Kier molecular flexibility index (Phi) is 4.58. The minimum Gasteiger partial charge on any atom is -0.374 e. The van der Waals surface area contributed by atoms with Gasteiger partial charge in [-0.3, -0.25) is 4.79 Å². The van der Waals surface area contributed by atoms with Crippen LogP contribution in [0.1, 0.15) is 27.1 Å². The molecule has 0 saturated heterocycles. The van der Waals surface area contributed by atoms with E-state index in [9.17, 15) is 4.79 Å². The van der Waals surface area contributed by atoms with E-state index < -0.39 is 6.04 Å².